The van der Waals surface area contributed by atoms with Crippen molar-refractivity contribution in [2.45, 2.75) is 5.41 Å². The van der Waals surface area contributed by atoms with Crippen molar-refractivity contribution >= 4 is 21.8 Å². The van der Waals surface area contributed by atoms with Crippen LogP contribution in [0.4, 0.5) is 0 Å². The highest BCUT2D eigenvalue weighted by molar-refractivity contribution is 6.09. The second-order valence-corrected chi connectivity index (χ2v) is 14.5. The van der Waals surface area contributed by atoms with Crippen LogP contribution < -0.4 is 0 Å². The Bertz CT molecular complexity index is 2860. The molecule has 1 heteroatoms. The molecule has 0 radical (unpaired) electrons. The lowest BCUT2D eigenvalue weighted by molar-refractivity contribution is 0.744. The van der Waals surface area contributed by atoms with Gasteiger partial charge >= 0.3 is 0 Å². The second-order valence-electron chi connectivity index (χ2n) is 14.5. The van der Waals surface area contributed by atoms with Crippen molar-refractivity contribution in [1.29, 1.82) is 0 Å². The highest BCUT2D eigenvalue weighted by atomic mass is 15.0. The molecule has 1 aromatic heterocycles. The number of hydrogen-bond acceptors (Lipinski definition) is 0. The Morgan fingerprint density at radius 2 is 0.607 bits per heavy atom. The first-order valence-corrected chi connectivity index (χ1v) is 19.3. The van der Waals surface area contributed by atoms with Crippen LogP contribution in [0.1, 0.15) is 22.3 Å². The quantitative estimate of drug-likeness (QED) is 0.138. The van der Waals surface area contributed by atoms with Crippen molar-refractivity contribution in [3.05, 3.63) is 259 Å². The van der Waals surface area contributed by atoms with Crippen LogP contribution in [-0.2, 0) is 5.41 Å². The zero-order valence-corrected chi connectivity index (χ0v) is 31.0. The van der Waals surface area contributed by atoms with E-state index in [0.29, 0.717) is 0 Å². The van der Waals surface area contributed by atoms with Crippen LogP contribution >= 0.6 is 0 Å². The fourth-order valence-corrected chi connectivity index (χ4v) is 8.77. The largest absolute Gasteiger partial charge is 0.309 e. The molecule has 1 nitrogen and oxygen atoms in total. The van der Waals surface area contributed by atoms with Crippen molar-refractivity contribution in [3.8, 4) is 39.1 Å². The van der Waals surface area contributed by atoms with E-state index in [1.807, 2.05) is 0 Å². The van der Waals surface area contributed by atoms with Gasteiger partial charge in [0.2, 0.25) is 0 Å². The van der Waals surface area contributed by atoms with Crippen LogP contribution in [-0.4, -0.2) is 4.57 Å². The molecule has 0 N–H and O–H groups in total. The zero-order chi connectivity index (χ0) is 37.3. The van der Waals surface area contributed by atoms with Crippen molar-refractivity contribution in [2.75, 3.05) is 0 Å². The van der Waals surface area contributed by atoms with Crippen molar-refractivity contribution in [3.63, 3.8) is 0 Å². The molecule has 56 heavy (non-hydrogen) atoms. The van der Waals surface area contributed by atoms with Gasteiger partial charge in [0.25, 0.3) is 0 Å². The molecule has 9 aromatic carbocycles. The highest BCUT2D eigenvalue weighted by Gasteiger charge is 2.39. The van der Waals surface area contributed by atoms with Gasteiger partial charge in [0, 0.05) is 16.5 Å². The molecular weight excluding hydrogens is 675 g/mol. The van der Waals surface area contributed by atoms with E-state index in [1.165, 1.54) is 77.4 Å². The smallest absolute Gasteiger partial charge is 0.0702 e. The van der Waals surface area contributed by atoms with E-state index in [9.17, 15) is 0 Å². The molecule has 0 unspecified atom stereocenters. The molecule has 0 fully saturated rings. The summed E-state index contributed by atoms with van der Waals surface area (Å²) in [5.41, 5.74) is 15.0. The summed E-state index contributed by atoms with van der Waals surface area (Å²) in [5.74, 6) is 0. The van der Waals surface area contributed by atoms with E-state index < -0.39 is 5.41 Å². The lowest BCUT2D eigenvalue weighted by Gasteiger charge is -2.37. The minimum atomic E-state index is -0.616. The molecule has 0 spiro atoms. The predicted molar refractivity (Wildman–Crippen MR) is 235 cm³/mol. The van der Waals surface area contributed by atoms with Crippen LogP contribution in [0.15, 0.2) is 237 Å². The molecule has 0 atom stereocenters. The Kier molecular flexibility index (Phi) is 8.46. The van der Waals surface area contributed by atoms with E-state index in [0.717, 1.165) is 5.69 Å². The Labute approximate surface area is 328 Å². The molecule has 0 amide bonds. The van der Waals surface area contributed by atoms with Gasteiger partial charge < -0.3 is 4.57 Å². The first-order valence-electron chi connectivity index (χ1n) is 19.3. The third kappa shape index (κ3) is 5.73. The minimum Gasteiger partial charge on any atom is -0.309 e. The number of benzene rings is 9. The first-order chi connectivity index (χ1) is 27.8. The molecule has 0 aliphatic rings. The Morgan fingerprint density at radius 1 is 0.250 bits per heavy atom. The number of para-hydroxylation sites is 2. The number of hydrogen-bond donors (Lipinski definition) is 0. The number of rotatable bonds is 8. The van der Waals surface area contributed by atoms with Gasteiger partial charge in [-0.15, -0.1) is 0 Å². The van der Waals surface area contributed by atoms with Gasteiger partial charge in [0.15, 0.2) is 0 Å². The Hall–Kier alpha value is -7.22. The molecule has 0 aliphatic carbocycles. The lowest BCUT2D eigenvalue weighted by atomic mass is 9.65. The molecule has 0 bridgehead atoms. The monoisotopic (exact) mass is 713 g/mol. The van der Waals surface area contributed by atoms with E-state index in [2.05, 4.69) is 241 Å². The minimum absolute atomic E-state index is 0.616. The summed E-state index contributed by atoms with van der Waals surface area (Å²) in [6.45, 7) is 0. The van der Waals surface area contributed by atoms with E-state index >= 15 is 0 Å². The summed E-state index contributed by atoms with van der Waals surface area (Å²) in [7, 11) is 0. The van der Waals surface area contributed by atoms with Gasteiger partial charge in [0.1, 0.15) is 0 Å². The molecule has 264 valence electrons. The molecule has 0 aliphatic heterocycles. The molecular formula is C55H39N. The molecule has 1 heterocycles. The lowest BCUT2D eigenvalue weighted by Crippen LogP contribution is -2.31. The normalized spacial score (nSPS) is 11.6. The third-order valence-corrected chi connectivity index (χ3v) is 11.3. The number of aromatic nitrogens is 1. The summed E-state index contributed by atoms with van der Waals surface area (Å²) >= 11 is 0. The summed E-state index contributed by atoms with van der Waals surface area (Å²) in [4.78, 5) is 0. The standard InChI is InChI=1S/C55H39N/c1-4-18-40(19-5-1)41-20-14-21-42(36-41)43-22-15-23-44(37-43)45-24-16-29-48(38-45)55(46-25-6-2-7-26-46,47-27-8-3-9-28-47)49-30-17-31-50(39-49)56-53-34-12-10-32-51(53)52-33-11-13-35-54(52)56/h1-39H. The van der Waals surface area contributed by atoms with Gasteiger partial charge in [-0.1, -0.05) is 194 Å². The van der Waals surface area contributed by atoms with E-state index in [-0.39, 0.29) is 0 Å². The first kappa shape index (κ1) is 33.4. The van der Waals surface area contributed by atoms with Gasteiger partial charge in [-0.05, 0) is 98.1 Å². The average molecular weight is 714 g/mol. The van der Waals surface area contributed by atoms with E-state index in [1.54, 1.807) is 0 Å². The second kappa shape index (κ2) is 14.2. The third-order valence-electron chi connectivity index (χ3n) is 11.3. The van der Waals surface area contributed by atoms with Crippen molar-refractivity contribution < 1.29 is 0 Å². The fourth-order valence-electron chi connectivity index (χ4n) is 8.77. The van der Waals surface area contributed by atoms with Crippen LogP contribution in [0.2, 0.25) is 0 Å². The zero-order valence-electron chi connectivity index (χ0n) is 31.0. The van der Waals surface area contributed by atoms with Crippen LogP contribution in [0, 0.1) is 0 Å². The highest BCUT2D eigenvalue weighted by Crippen LogP contribution is 2.47. The molecule has 0 saturated carbocycles. The topological polar surface area (TPSA) is 4.93 Å². The molecule has 10 rings (SSSR count). The summed E-state index contributed by atoms with van der Waals surface area (Å²) < 4.78 is 2.42. The van der Waals surface area contributed by atoms with Gasteiger partial charge in [-0.25, -0.2) is 0 Å². The van der Waals surface area contributed by atoms with Crippen LogP contribution in [0.25, 0.3) is 60.9 Å². The number of nitrogens with zero attached hydrogens (tertiary/aromatic N) is 1. The maximum Gasteiger partial charge on any atom is 0.0702 e. The van der Waals surface area contributed by atoms with Gasteiger partial charge in [-0.3, -0.25) is 0 Å². The SMILES string of the molecule is c1ccc(-c2cccc(-c3cccc(-c4cccc(C(c5ccccc5)(c5ccccc5)c5cccc(-n6c7ccccc7c7ccccc76)c5)c4)c3)c2)cc1. The van der Waals surface area contributed by atoms with Crippen LogP contribution in [0.3, 0.4) is 0 Å². The van der Waals surface area contributed by atoms with E-state index in [4.69, 9.17) is 0 Å². The van der Waals surface area contributed by atoms with Gasteiger partial charge in [-0.2, -0.15) is 0 Å². The predicted octanol–water partition coefficient (Wildman–Crippen LogP) is 14.2. The van der Waals surface area contributed by atoms with Crippen LogP contribution in [0.5, 0.6) is 0 Å². The maximum absolute atomic E-state index is 2.42. The van der Waals surface area contributed by atoms with Gasteiger partial charge in [0.05, 0.1) is 16.4 Å². The molecule has 10 aromatic rings. The van der Waals surface area contributed by atoms with Crippen molar-refractivity contribution in [2.24, 2.45) is 0 Å². The Balaban J connectivity index is 1.17. The summed E-state index contributed by atoms with van der Waals surface area (Å²) in [5, 5.41) is 2.51. The number of fused-ring (bicyclic) bond motifs is 3. The maximum atomic E-state index is 2.42. The molecule has 0 saturated heterocycles. The van der Waals surface area contributed by atoms with Crippen molar-refractivity contribution in [1.82, 2.24) is 4.57 Å². The summed E-state index contributed by atoms with van der Waals surface area (Å²) in [6.07, 6.45) is 0. The fraction of sp³-hybridized carbons (Fsp3) is 0.0182. The average Bonchev–Trinajstić information content (AvgIpc) is 3.63. The summed E-state index contributed by atoms with van der Waals surface area (Å²) in [6, 6.07) is 86.3. The Morgan fingerprint density at radius 3 is 1.14 bits per heavy atom.